The highest BCUT2D eigenvalue weighted by Crippen LogP contribution is 2.24. The van der Waals surface area contributed by atoms with Gasteiger partial charge in [0.2, 0.25) is 17.7 Å². The maximum absolute atomic E-state index is 12.4. The van der Waals surface area contributed by atoms with Gasteiger partial charge < -0.3 is 15.1 Å². The molecular formula is C21H24ClN5O3S. The Bertz CT molecular complexity index is 1020. The van der Waals surface area contributed by atoms with Crippen LogP contribution in [0.1, 0.15) is 24.8 Å². The third-order valence-electron chi connectivity index (χ3n) is 4.45. The van der Waals surface area contributed by atoms with Gasteiger partial charge in [0.1, 0.15) is 0 Å². The molecule has 3 rings (SSSR count). The van der Waals surface area contributed by atoms with E-state index in [1.807, 2.05) is 36.3 Å². The van der Waals surface area contributed by atoms with E-state index in [0.29, 0.717) is 35.6 Å². The van der Waals surface area contributed by atoms with Crippen LogP contribution in [0, 0.1) is 6.92 Å². The number of carbonyl (C=O) groups excluding carboxylic acids is 2. The Morgan fingerprint density at radius 1 is 1.19 bits per heavy atom. The topological polar surface area (TPSA) is 100 Å². The van der Waals surface area contributed by atoms with Crippen molar-refractivity contribution in [2.24, 2.45) is 0 Å². The molecule has 0 aliphatic carbocycles. The molecule has 2 heterocycles. The van der Waals surface area contributed by atoms with Crippen molar-refractivity contribution < 1.29 is 14.0 Å². The van der Waals surface area contributed by atoms with E-state index in [4.69, 9.17) is 16.0 Å². The number of aromatic nitrogens is 2. The molecule has 0 aliphatic heterocycles. The minimum atomic E-state index is -0.321. The summed E-state index contributed by atoms with van der Waals surface area (Å²) in [5.74, 6) is 0.334. The minimum Gasteiger partial charge on any atom is -0.419 e. The van der Waals surface area contributed by atoms with Gasteiger partial charge in [-0.1, -0.05) is 30.7 Å². The third kappa shape index (κ3) is 6.61. The van der Waals surface area contributed by atoms with E-state index in [9.17, 15) is 9.59 Å². The predicted octanol–water partition coefficient (Wildman–Crippen LogP) is 3.73. The Hall–Kier alpha value is -2.75. The fourth-order valence-corrected chi connectivity index (χ4v) is 3.73. The van der Waals surface area contributed by atoms with E-state index in [-0.39, 0.29) is 24.9 Å². The fraction of sp³-hybridized carbons (Fsp3) is 0.333. The molecule has 8 nitrogen and oxygen atoms in total. The molecular weight excluding hydrogens is 438 g/mol. The Labute approximate surface area is 189 Å². The summed E-state index contributed by atoms with van der Waals surface area (Å²) in [7, 11) is 0. The Morgan fingerprint density at radius 3 is 2.77 bits per heavy atom. The lowest BCUT2D eigenvalue weighted by molar-refractivity contribution is -0.125. The summed E-state index contributed by atoms with van der Waals surface area (Å²) < 4.78 is 5.71. The van der Waals surface area contributed by atoms with Crippen molar-refractivity contribution in [3.63, 3.8) is 0 Å². The molecule has 0 saturated heterocycles. The molecule has 1 aromatic carbocycles. The normalized spacial score (nSPS) is 11.0. The molecule has 0 fully saturated rings. The van der Waals surface area contributed by atoms with Gasteiger partial charge in [0.15, 0.2) is 0 Å². The van der Waals surface area contributed by atoms with Crippen molar-refractivity contribution in [2.45, 2.75) is 26.8 Å². The zero-order valence-corrected chi connectivity index (χ0v) is 18.9. The second kappa shape index (κ2) is 11.0. The maximum Gasteiger partial charge on any atom is 0.257 e. The van der Waals surface area contributed by atoms with Crippen LogP contribution in [0.2, 0.25) is 5.02 Å². The summed E-state index contributed by atoms with van der Waals surface area (Å²) >= 11 is 7.59. The third-order valence-corrected chi connectivity index (χ3v) is 5.72. The van der Waals surface area contributed by atoms with Gasteiger partial charge in [-0.15, -0.1) is 21.5 Å². The van der Waals surface area contributed by atoms with Crippen LogP contribution in [0.5, 0.6) is 0 Å². The van der Waals surface area contributed by atoms with E-state index in [1.54, 1.807) is 18.2 Å². The number of carbonyl (C=O) groups is 2. The number of thiophene rings is 1. The molecule has 164 valence electrons. The highest BCUT2D eigenvalue weighted by Gasteiger charge is 2.16. The molecule has 0 aliphatic rings. The quantitative estimate of drug-likeness (QED) is 0.477. The molecule has 0 unspecified atom stereocenters. The predicted molar refractivity (Wildman–Crippen MR) is 121 cm³/mol. The smallest absolute Gasteiger partial charge is 0.257 e. The number of halogens is 1. The van der Waals surface area contributed by atoms with Crippen molar-refractivity contribution in [2.75, 3.05) is 25.0 Å². The van der Waals surface area contributed by atoms with Gasteiger partial charge in [-0.05, 0) is 49.0 Å². The van der Waals surface area contributed by atoms with Gasteiger partial charge in [0.25, 0.3) is 5.89 Å². The number of hydrogen-bond donors (Lipinski definition) is 2. The lowest BCUT2D eigenvalue weighted by Crippen LogP contribution is -2.40. The highest BCUT2D eigenvalue weighted by molar-refractivity contribution is 7.13. The van der Waals surface area contributed by atoms with Crippen LogP contribution in [-0.4, -0.2) is 46.5 Å². The molecule has 3 aromatic rings. The monoisotopic (exact) mass is 461 g/mol. The Morgan fingerprint density at radius 2 is 2.03 bits per heavy atom. The van der Waals surface area contributed by atoms with Crippen LogP contribution in [0.3, 0.4) is 0 Å². The van der Waals surface area contributed by atoms with Gasteiger partial charge in [-0.2, -0.15) is 0 Å². The van der Waals surface area contributed by atoms with Gasteiger partial charge in [0.05, 0.1) is 24.5 Å². The van der Waals surface area contributed by atoms with Gasteiger partial charge in [0, 0.05) is 10.7 Å². The van der Waals surface area contributed by atoms with Gasteiger partial charge in [-0.25, -0.2) is 0 Å². The van der Waals surface area contributed by atoms with E-state index in [0.717, 1.165) is 16.9 Å². The molecule has 0 radical (unpaired) electrons. The lowest BCUT2D eigenvalue weighted by atomic mass is 10.2. The van der Waals surface area contributed by atoms with Crippen LogP contribution in [0.4, 0.5) is 5.69 Å². The number of anilines is 1. The first-order valence-corrected chi connectivity index (χ1v) is 11.1. The number of hydrogen-bond acceptors (Lipinski definition) is 7. The zero-order valence-electron chi connectivity index (χ0n) is 17.4. The van der Waals surface area contributed by atoms with Crippen molar-refractivity contribution in [1.82, 2.24) is 20.4 Å². The summed E-state index contributed by atoms with van der Waals surface area (Å²) in [6, 6.07) is 9.10. The first-order valence-electron chi connectivity index (χ1n) is 9.86. The van der Waals surface area contributed by atoms with Crippen molar-refractivity contribution in [3.05, 3.63) is 52.2 Å². The van der Waals surface area contributed by atoms with Crippen LogP contribution in [-0.2, 0) is 16.1 Å². The molecule has 31 heavy (non-hydrogen) atoms. The molecule has 0 bridgehead atoms. The van der Waals surface area contributed by atoms with Gasteiger partial charge in [-0.3, -0.25) is 14.5 Å². The molecule has 2 amide bonds. The highest BCUT2D eigenvalue weighted by atomic mass is 35.5. The fourth-order valence-electron chi connectivity index (χ4n) is 2.91. The summed E-state index contributed by atoms with van der Waals surface area (Å²) in [5.41, 5.74) is 1.40. The minimum absolute atomic E-state index is 0.119. The molecule has 0 spiro atoms. The maximum atomic E-state index is 12.4. The number of rotatable bonds is 10. The molecule has 2 aromatic heterocycles. The lowest BCUT2D eigenvalue weighted by Gasteiger charge is -2.19. The first kappa shape index (κ1) is 22.9. The average molecular weight is 462 g/mol. The number of nitrogens with one attached hydrogen (secondary N) is 2. The second-order valence-electron chi connectivity index (χ2n) is 6.93. The van der Waals surface area contributed by atoms with Crippen LogP contribution >= 0.6 is 22.9 Å². The summed E-state index contributed by atoms with van der Waals surface area (Å²) in [6.45, 7) is 4.87. The van der Waals surface area contributed by atoms with Crippen molar-refractivity contribution in [1.29, 1.82) is 0 Å². The summed E-state index contributed by atoms with van der Waals surface area (Å²) in [6.07, 6.45) is 0.855. The number of nitrogens with zero attached hydrogens (tertiary/aromatic N) is 3. The molecule has 0 saturated carbocycles. The summed E-state index contributed by atoms with van der Waals surface area (Å²) in [4.78, 5) is 27.4. The Kier molecular flexibility index (Phi) is 8.16. The average Bonchev–Trinajstić information content (AvgIpc) is 3.42. The van der Waals surface area contributed by atoms with E-state index in [2.05, 4.69) is 20.8 Å². The van der Waals surface area contributed by atoms with Gasteiger partial charge >= 0.3 is 0 Å². The second-order valence-corrected chi connectivity index (χ2v) is 8.28. The molecule has 10 heteroatoms. The number of amides is 2. The standard InChI is InChI=1S/C21H24ClN5O3S/c1-3-9-27(13-20-25-26-21(30-20)17-8-5-10-31-17)12-19(29)23-11-18(28)24-16-7-4-6-15(22)14(16)2/h4-8,10H,3,9,11-13H2,1-2H3,(H,23,29)(H,24,28). The van der Waals surface area contributed by atoms with Crippen LogP contribution < -0.4 is 10.6 Å². The van der Waals surface area contributed by atoms with Crippen LogP contribution in [0.25, 0.3) is 10.8 Å². The first-order chi connectivity index (χ1) is 15.0. The zero-order chi connectivity index (χ0) is 22.2. The number of benzene rings is 1. The SMILES string of the molecule is CCCN(CC(=O)NCC(=O)Nc1cccc(Cl)c1C)Cc1nnc(-c2cccs2)o1. The van der Waals surface area contributed by atoms with E-state index < -0.39 is 0 Å². The van der Waals surface area contributed by atoms with Crippen molar-refractivity contribution >= 4 is 40.4 Å². The van der Waals surface area contributed by atoms with E-state index >= 15 is 0 Å². The van der Waals surface area contributed by atoms with Crippen molar-refractivity contribution in [3.8, 4) is 10.8 Å². The molecule has 0 atom stereocenters. The van der Waals surface area contributed by atoms with Crippen LogP contribution in [0.15, 0.2) is 40.1 Å². The van der Waals surface area contributed by atoms with E-state index in [1.165, 1.54) is 11.3 Å². The molecule has 2 N–H and O–H groups in total. The summed E-state index contributed by atoms with van der Waals surface area (Å²) in [5, 5.41) is 16.1. The largest absolute Gasteiger partial charge is 0.419 e. The Balaban J connectivity index is 1.50.